The number of hydrogen-bond acceptors (Lipinski definition) is 3. The molecule has 132 valence electrons. The molecule has 4 rings (SSSR count). The van der Waals surface area contributed by atoms with Crippen LogP contribution in [0.4, 0.5) is 4.79 Å². The summed E-state index contributed by atoms with van der Waals surface area (Å²) in [5, 5.41) is 6.70. The number of halogens is 1. The highest BCUT2D eigenvalue weighted by atomic mass is 35.5. The van der Waals surface area contributed by atoms with Crippen molar-refractivity contribution >= 4 is 18.4 Å². The van der Waals surface area contributed by atoms with Crippen molar-refractivity contribution in [2.45, 2.75) is 75.5 Å². The Hall–Kier alpha value is -0.520. The van der Waals surface area contributed by atoms with Gasteiger partial charge < -0.3 is 20.4 Å². The maximum atomic E-state index is 12.4. The van der Waals surface area contributed by atoms with E-state index in [9.17, 15) is 4.79 Å². The maximum Gasteiger partial charge on any atom is 0.318 e. The van der Waals surface area contributed by atoms with Gasteiger partial charge in [0.25, 0.3) is 0 Å². The molecule has 3 heterocycles. The standard InChI is InChI=1S/C17H30N4O.ClH/c22-17-19-15-3-1-2-4-16(15)21(17)14-7-11-20(12-8-14)13-5-9-18-10-6-13;/h13-16,18H,1-12H2,(H,19,22);1H/t15-,16+;/m1./s1. The zero-order valence-electron chi connectivity index (χ0n) is 14.0. The number of amides is 2. The first-order valence-corrected chi connectivity index (χ1v) is 9.36. The van der Waals surface area contributed by atoms with E-state index in [4.69, 9.17) is 0 Å². The van der Waals surface area contributed by atoms with Gasteiger partial charge in [-0.05, 0) is 51.6 Å². The zero-order valence-corrected chi connectivity index (χ0v) is 14.8. The van der Waals surface area contributed by atoms with Crippen LogP contribution in [-0.2, 0) is 0 Å². The van der Waals surface area contributed by atoms with Crippen molar-refractivity contribution in [1.82, 2.24) is 20.4 Å². The first kappa shape index (κ1) is 17.3. The Balaban J connectivity index is 0.00000156. The fourth-order valence-corrected chi connectivity index (χ4v) is 5.13. The molecule has 0 unspecified atom stereocenters. The van der Waals surface area contributed by atoms with E-state index in [-0.39, 0.29) is 18.4 Å². The molecule has 4 aliphatic rings. The summed E-state index contributed by atoms with van der Waals surface area (Å²) in [5.74, 6) is 0. The summed E-state index contributed by atoms with van der Waals surface area (Å²) in [6.45, 7) is 4.69. The summed E-state index contributed by atoms with van der Waals surface area (Å²) in [6.07, 6.45) is 9.88. The number of likely N-dealkylation sites (tertiary alicyclic amines) is 1. The summed E-state index contributed by atoms with van der Waals surface area (Å²) < 4.78 is 0. The Morgan fingerprint density at radius 3 is 2.30 bits per heavy atom. The smallest absolute Gasteiger partial charge is 0.318 e. The molecule has 0 spiro atoms. The number of rotatable bonds is 2. The highest BCUT2D eigenvalue weighted by Crippen LogP contribution is 2.32. The van der Waals surface area contributed by atoms with Crippen LogP contribution in [0.1, 0.15) is 51.4 Å². The van der Waals surface area contributed by atoms with E-state index >= 15 is 0 Å². The average Bonchev–Trinajstić information content (AvgIpc) is 2.91. The normalized spacial score (nSPS) is 33.9. The van der Waals surface area contributed by atoms with Gasteiger partial charge in [-0.15, -0.1) is 12.4 Å². The molecule has 2 amide bonds. The van der Waals surface area contributed by atoms with E-state index in [1.807, 2.05) is 0 Å². The maximum absolute atomic E-state index is 12.4. The van der Waals surface area contributed by atoms with Gasteiger partial charge in [-0.2, -0.15) is 0 Å². The van der Waals surface area contributed by atoms with Gasteiger partial charge in [0, 0.05) is 25.2 Å². The van der Waals surface area contributed by atoms with Gasteiger partial charge in [-0.3, -0.25) is 0 Å². The molecule has 6 heteroatoms. The van der Waals surface area contributed by atoms with Gasteiger partial charge in [-0.25, -0.2) is 4.79 Å². The molecular weight excluding hydrogens is 312 g/mol. The van der Waals surface area contributed by atoms with E-state index < -0.39 is 0 Å². The van der Waals surface area contributed by atoms with Crippen molar-refractivity contribution in [3.8, 4) is 0 Å². The first-order valence-electron chi connectivity index (χ1n) is 9.36. The Kier molecular flexibility index (Phi) is 5.70. The Morgan fingerprint density at radius 2 is 1.57 bits per heavy atom. The number of nitrogens with zero attached hydrogens (tertiary/aromatic N) is 2. The SMILES string of the molecule is Cl.O=C1N[C@@H]2CCCC[C@@H]2N1C1CCN(C2CCNCC2)CC1. The van der Waals surface area contributed by atoms with Crippen molar-refractivity contribution in [3.05, 3.63) is 0 Å². The van der Waals surface area contributed by atoms with E-state index in [2.05, 4.69) is 20.4 Å². The molecule has 2 N–H and O–H groups in total. The molecule has 1 aliphatic carbocycles. The van der Waals surface area contributed by atoms with Crippen LogP contribution in [0.5, 0.6) is 0 Å². The number of piperidine rings is 2. The zero-order chi connectivity index (χ0) is 14.9. The Labute approximate surface area is 145 Å². The van der Waals surface area contributed by atoms with Crippen LogP contribution in [0.2, 0.25) is 0 Å². The number of carbonyl (C=O) groups excluding carboxylic acids is 1. The second-order valence-corrected chi connectivity index (χ2v) is 7.56. The van der Waals surface area contributed by atoms with Crippen molar-refractivity contribution in [1.29, 1.82) is 0 Å². The number of hydrogen-bond donors (Lipinski definition) is 2. The van der Waals surface area contributed by atoms with Gasteiger partial charge in [0.05, 0.1) is 12.1 Å². The molecule has 5 nitrogen and oxygen atoms in total. The van der Waals surface area contributed by atoms with E-state index in [1.54, 1.807) is 0 Å². The summed E-state index contributed by atoms with van der Waals surface area (Å²) in [5.41, 5.74) is 0. The molecule has 23 heavy (non-hydrogen) atoms. The second-order valence-electron chi connectivity index (χ2n) is 7.56. The van der Waals surface area contributed by atoms with E-state index in [1.165, 1.54) is 77.5 Å². The highest BCUT2D eigenvalue weighted by molar-refractivity contribution is 5.85. The van der Waals surface area contributed by atoms with Crippen molar-refractivity contribution < 1.29 is 4.79 Å². The van der Waals surface area contributed by atoms with Crippen LogP contribution in [0.3, 0.4) is 0 Å². The van der Waals surface area contributed by atoms with Crippen LogP contribution >= 0.6 is 12.4 Å². The number of carbonyl (C=O) groups is 1. The number of fused-ring (bicyclic) bond motifs is 1. The minimum absolute atomic E-state index is 0. The van der Waals surface area contributed by atoms with Crippen LogP contribution in [0.25, 0.3) is 0 Å². The predicted molar refractivity (Wildman–Crippen MR) is 94.1 cm³/mol. The third-order valence-electron chi connectivity index (χ3n) is 6.35. The van der Waals surface area contributed by atoms with E-state index in [0.29, 0.717) is 18.1 Å². The topological polar surface area (TPSA) is 47.6 Å². The fraction of sp³-hybridized carbons (Fsp3) is 0.941. The summed E-state index contributed by atoms with van der Waals surface area (Å²) >= 11 is 0. The Morgan fingerprint density at radius 1 is 0.870 bits per heavy atom. The molecule has 1 saturated carbocycles. The van der Waals surface area contributed by atoms with Gasteiger partial charge >= 0.3 is 6.03 Å². The molecule has 3 aliphatic heterocycles. The fourth-order valence-electron chi connectivity index (χ4n) is 5.13. The lowest BCUT2D eigenvalue weighted by Crippen LogP contribution is -2.53. The molecule has 0 aromatic rings. The third-order valence-corrected chi connectivity index (χ3v) is 6.35. The van der Waals surface area contributed by atoms with Gasteiger partial charge in [0.1, 0.15) is 0 Å². The molecule has 0 bridgehead atoms. The summed E-state index contributed by atoms with van der Waals surface area (Å²) in [7, 11) is 0. The minimum atomic E-state index is 0. The minimum Gasteiger partial charge on any atom is -0.333 e. The lowest BCUT2D eigenvalue weighted by atomic mass is 9.89. The molecule has 4 fully saturated rings. The quantitative estimate of drug-likeness (QED) is 0.806. The van der Waals surface area contributed by atoms with Crippen molar-refractivity contribution in [2.75, 3.05) is 26.2 Å². The van der Waals surface area contributed by atoms with Crippen LogP contribution in [-0.4, -0.2) is 66.2 Å². The average molecular weight is 343 g/mol. The van der Waals surface area contributed by atoms with Crippen LogP contribution in [0.15, 0.2) is 0 Å². The lowest BCUT2D eigenvalue weighted by Gasteiger charge is -2.43. The van der Waals surface area contributed by atoms with Crippen molar-refractivity contribution in [3.63, 3.8) is 0 Å². The number of nitrogens with one attached hydrogen (secondary N) is 2. The second kappa shape index (κ2) is 7.58. The van der Waals surface area contributed by atoms with E-state index in [0.717, 1.165) is 6.04 Å². The summed E-state index contributed by atoms with van der Waals surface area (Å²) in [6, 6.07) is 2.39. The first-order chi connectivity index (χ1) is 10.8. The monoisotopic (exact) mass is 342 g/mol. The summed E-state index contributed by atoms with van der Waals surface area (Å²) in [4.78, 5) is 17.3. The molecule has 3 saturated heterocycles. The van der Waals surface area contributed by atoms with Gasteiger partial charge in [0.2, 0.25) is 0 Å². The van der Waals surface area contributed by atoms with Crippen LogP contribution in [0, 0.1) is 0 Å². The molecule has 0 radical (unpaired) electrons. The predicted octanol–water partition coefficient (Wildman–Crippen LogP) is 1.96. The Bertz CT molecular complexity index is 407. The van der Waals surface area contributed by atoms with Gasteiger partial charge in [-0.1, -0.05) is 12.8 Å². The van der Waals surface area contributed by atoms with Crippen molar-refractivity contribution in [2.24, 2.45) is 0 Å². The van der Waals surface area contributed by atoms with Gasteiger partial charge in [0.15, 0.2) is 0 Å². The molecule has 2 atom stereocenters. The third kappa shape index (κ3) is 3.47. The van der Waals surface area contributed by atoms with Crippen LogP contribution < -0.4 is 10.6 Å². The molecular formula is C17H31ClN4O. The lowest BCUT2D eigenvalue weighted by molar-refractivity contribution is 0.0725. The highest BCUT2D eigenvalue weighted by Gasteiger charge is 2.44. The molecule has 0 aromatic heterocycles. The largest absolute Gasteiger partial charge is 0.333 e. The molecule has 0 aromatic carbocycles. The number of urea groups is 1.